The van der Waals surface area contributed by atoms with Gasteiger partial charge in [0.1, 0.15) is 25.4 Å². The van der Waals surface area contributed by atoms with Crippen LogP contribution < -0.4 is 0 Å². The molecule has 0 spiro atoms. The Balaban J connectivity index is 4.78. The van der Waals surface area contributed by atoms with E-state index in [9.17, 15) is 43.5 Å². The first-order valence-corrected chi connectivity index (χ1v) is 34.5. The zero-order chi connectivity index (χ0) is 62.4. The highest BCUT2D eigenvalue weighted by atomic mass is 31.2. The number of carbonyl (C=O) groups excluding carboxylic acids is 3. The van der Waals surface area contributed by atoms with Crippen LogP contribution in [-0.2, 0) is 55.8 Å². The molecule has 0 heterocycles. The number of phosphoric ester groups is 2. The van der Waals surface area contributed by atoms with Gasteiger partial charge in [-0.1, -0.05) is 199 Å². The molecule has 0 bridgehead atoms. The van der Waals surface area contributed by atoms with Crippen molar-refractivity contribution in [3.8, 4) is 0 Å². The highest BCUT2D eigenvalue weighted by Gasteiger charge is 2.29. The number of ether oxygens (including phenoxy) is 3. The summed E-state index contributed by atoms with van der Waals surface area (Å²) in [5, 5.41) is 20.5. The Kier molecular flexibility index (Phi) is 57.0. The number of allylic oxidation sites excluding steroid dienone is 22. The predicted molar refractivity (Wildman–Crippen MR) is 343 cm³/mol. The van der Waals surface area contributed by atoms with Crippen LogP contribution in [0.3, 0.4) is 0 Å². The summed E-state index contributed by atoms with van der Waals surface area (Å²) in [5.41, 5.74) is 0. The normalized spacial score (nSPS) is 15.2. The number of aliphatic hydroxyl groups is 2. The summed E-state index contributed by atoms with van der Waals surface area (Å²) >= 11 is 0. The zero-order valence-electron chi connectivity index (χ0n) is 52.0. The van der Waals surface area contributed by atoms with Crippen molar-refractivity contribution in [2.45, 2.75) is 232 Å². The van der Waals surface area contributed by atoms with Crippen LogP contribution in [0.2, 0.25) is 0 Å². The average molecular weight is 1230 g/mol. The molecule has 0 saturated carbocycles. The zero-order valence-corrected chi connectivity index (χ0v) is 53.8. The maximum Gasteiger partial charge on any atom is 0.472 e. The number of phosphoric acid groups is 2. The maximum absolute atomic E-state index is 12.9. The van der Waals surface area contributed by atoms with Crippen molar-refractivity contribution in [3.05, 3.63) is 134 Å². The van der Waals surface area contributed by atoms with Gasteiger partial charge in [0.05, 0.1) is 26.4 Å². The van der Waals surface area contributed by atoms with Crippen molar-refractivity contribution in [3.63, 3.8) is 0 Å². The topological polar surface area (TPSA) is 231 Å². The second-order valence-corrected chi connectivity index (χ2v) is 23.3. The minimum absolute atomic E-state index is 0.0741. The molecule has 0 fully saturated rings. The van der Waals surface area contributed by atoms with Crippen LogP contribution in [0, 0.1) is 0 Å². The van der Waals surface area contributed by atoms with Crippen molar-refractivity contribution in [1.82, 2.24) is 0 Å². The molecule has 18 heteroatoms. The van der Waals surface area contributed by atoms with Crippen LogP contribution in [0.5, 0.6) is 0 Å². The van der Waals surface area contributed by atoms with Gasteiger partial charge in [-0.25, -0.2) is 9.13 Å². The van der Waals surface area contributed by atoms with Gasteiger partial charge in [0.2, 0.25) is 0 Å². The van der Waals surface area contributed by atoms with Gasteiger partial charge >= 0.3 is 33.6 Å². The molecule has 85 heavy (non-hydrogen) atoms. The molecule has 0 aliphatic rings. The Hall–Kier alpha value is -4.31. The van der Waals surface area contributed by atoms with Gasteiger partial charge in [0.15, 0.2) is 6.10 Å². The number of hydrogen-bond acceptors (Lipinski definition) is 14. The van der Waals surface area contributed by atoms with Gasteiger partial charge in [0, 0.05) is 19.3 Å². The van der Waals surface area contributed by atoms with Crippen LogP contribution in [0.25, 0.3) is 0 Å². The molecule has 0 saturated heterocycles. The summed E-state index contributed by atoms with van der Waals surface area (Å²) < 4.78 is 60.7. The molecule has 0 rings (SSSR count). The lowest BCUT2D eigenvalue weighted by atomic mass is 10.1. The largest absolute Gasteiger partial charge is 0.472 e. The smallest absolute Gasteiger partial charge is 0.463 e. The molecule has 5 unspecified atom stereocenters. The van der Waals surface area contributed by atoms with E-state index in [2.05, 4.69) is 154 Å². The van der Waals surface area contributed by atoms with Gasteiger partial charge in [-0.2, -0.15) is 0 Å². The molecular formula is C67H110O16P2. The van der Waals surface area contributed by atoms with Crippen LogP contribution in [0.15, 0.2) is 134 Å². The molecule has 4 N–H and O–H groups in total. The molecule has 0 aromatic rings. The van der Waals surface area contributed by atoms with E-state index in [0.717, 1.165) is 154 Å². The highest BCUT2D eigenvalue weighted by molar-refractivity contribution is 7.47. The lowest BCUT2D eigenvalue weighted by Crippen LogP contribution is -2.30. The van der Waals surface area contributed by atoms with E-state index in [-0.39, 0.29) is 19.3 Å². The second-order valence-electron chi connectivity index (χ2n) is 20.4. The Bertz CT molecular complexity index is 2090. The number of carbonyl (C=O) groups is 3. The van der Waals surface area contributed by atoms with E-state index >= 15 is 0 Å². The van der Waals surface area contributed by atoms with Crippen LogP contribution in [-0.4, -0.2) is 95.9 Å². The summed E-state index contributed by atoms with van der Waals surface area (Å²) in [4.78, 5) is 58.2. The second kappa shape index (κ2) is 60.0. The Morgan fingerprint density at radius 3 is 0.929 bits per heavy atom. The molecule has 0 amide bonds. The first-order valence-electron chi connectivity index (χ1n) is 31.5. The summed E-state index contributed by atoms with van der Waals surface area (Å²) in [6, 6.07) is 0. The van der Waals surface area contributed by atoms with E-state index in [1.54, 1.807) is 0 Å². The minimum atomic E-state index is -4.94. The van der Waals surface area contributed by atoms with Crippen molar-refractivity contribution < 1.29 is 75.8 Å². The molecule has 0 aromatic heterocycles. The molecule has 16 nitrogen and oxygen atoms in total. The van der Waals surface area contributed by atoms with E-state index in [4.69, 9.17) is 32.3 Å². The number of unbranched alkanes of at least 4 members (excludes halogenated alkanes) is 13. The van der Waals surface area contributed by atoms with Crippen molar-refractivity contribution in [2.75, 3.05) is 39.6 Å². The van der Waals surface area contributed by atoms with Crippen molar-refractivity contribution in [1.29, 1.82) is 0 Å². The summed E-state index contributed by atoms with van der Waals surface area (Å²) in [7, 11) is -9.80. The number of aliphatic hydroxyl groups excluding tert-OH is 2. The Labute approximate surface area is 512 Å². The SMILES string of the molecule is CC/C=C\C/C=C\C/C=C\C/C=C\CCCCCCC(=O)OCC(O)COP(=O)(O)OCC(O)COP(=O)(O)OCC(COC(=O)CCCCCC/C=C\C/C=C\C/C=C\C/C=C\CC)OC(=O)CCCCCCC/C=C\C/C=C\C/C=C\CC. The first-order chi connectivity index (χ1) is 41.2. The van der Waals surface area contributed by atoms with Crippen LogP contribution >= 0.6 is 15.6 Å². The molecular weight excluding hydrogens is 1120 g/mol. The highest BCUT2D eigenvalue weighted by Crippen LogP contribution is 2.45. The molecule has 0 aliphatic heterocycles. The lowest BCUT2D eigenvalue weighted by molar-refractivity contribution is -0.161. The predicted octanol–water partition coefficient (Wildman–Crippen LogP) is 16.9. The van der Waals surface area contributed by atoms with Gasteiger partial charge in [0.25, 0.3) is 0 Å². The van der Waals surface area contributed by atoms with E-state index in [1.807, 2.05) is 0 Å². The first kappa shape index (κ1) is 80.7. The number of rotatable bonds is 58. The summed E-state index contributed by atoms with van der Waals surface area (Å²) in [5.74, 6) is -1.66. The van der Waals surface area contributed by atoms with E-state index in [0.29, 0.717) is 19.3 Å². The fourth-order valence-electron chi connectivity index (χ4n) is 7.62. The maximum atomic E-state index is 12.9. The van der Waals surface area contributed by atoms with E-state index < -0.39 is 91.5 Å². The average Bonchev–Trinajstić information content (AvgIpc) is 3.48. The van der Waals surface area contributed by atoms with E-state index in [1.165, 1.54) is 0 Å². The third-order valence-electron chi connectivity index (χ3n) is 12.4. The number of hydrogen-bond donors (Lipinski definition) is 4. The van der Waals surface area contributed by atoms with Crippen LogP contribution in [0.4, 0.5) is 0 Å². The molecule has 0 aromatic carbocycles. The molecule has 5 atom stereocenters. The van der Waals surface area contributed by atoms with Crippen molar-refractivity contribution in [2.24, 2.45) is 0 Å². The quantitative estimate of drug-likeness (QED) is 0.0146. The fourth-order valence-corrected chi connectivity index (χ4v) is 9.21. The van der Waals surface area contributed by atoms with Gasteiger partial charge in [-0.05, 0) is 128 Å². The fraction of sp³-hybridized carbons (Fsp3) is 0.627. The lowest BCUT2D eigenvalue weighted by Gasteiger charge is -2.21. The minimum Gasteiger partial charge on any atom is -0.463 e. The van der Waals surface area contributed by atoms with Crippen LogP contribution in [0.1, 0.15) is 213 Å². The Morgan fingerprint density at radius 1 is 0.329 bits per heavy atom. The molecule has 484 valence electrons. The third kappa shape index (κ3) is 61.1. The third-order valence-corrected chi connectivity index (χ3v) is 14.3. The van der Waals surface area contributed by atoms with Gasteiger partial charge in [-0.3, -0.25) is 32.5 Å². The summed E-state index contributed by atoms with van der Waals surface area (Å²) in [6.07, 6.45) is 68.0. The Morgan fingerprint density at radius 2 is 0.588 bits per heavy atom. The van der Waals surface area contributed by atoms with Gasteiger partial charge < -0.3 is 34.2 Å². The molecule has 0 radical (unpaired) electrons. The standard InChI is InChI=1S/C67H110O16P2/c1-4-7-10-13-16-19-22-25-28-30-33-35-38-41-44-47-50-53-65(70)77-56-62(68)57-79-84(73,74)80-58-63(69)59-81-85(75,76)82-61-64(83-67(72)55-52-49-46-43-40-37-32-27-24-21-18-15-12-9-6-3)60-78-66(71)54-51-48-45-42-39-36-34-31-29-26-23-20-17-14-11-8-5-2/h7-12,16-21,25-29,32-36,62-64,68-69H,4-6,13-15,22-24,30-31,37-61H2,1-3H3,(H,73,74)(H,75,76)/b10-7-,11-8-,12-9-,19-16-,20-17-,21-18-,28-25-,29-26-,32-27-,35-33-,36-34-. The monoisotopic (exact) mass is 1230 g/mol. The van der Waals surface area contributed by atoms with Crippen molar-refractivity contribution >= 4 is 33.6 Å². The van der Waals surface area contributed by atoms with Gasteiger partial charge in [-0.15, -0.1) is 0 Å². The number of esters is 3. The summed E-state index contributed by atoms with van der Waals surface area (Å²) in [6.45, 7) is 2.21. The molecule has 0 aliphatic carbocycles.